The lowest BCUT2D eigenvalue weighted by Crippen LogP contribution is -2.11. The predicted octanol–water partition coefficient (Wildman–Crippen LogP) is 3.06. The second kappa shape index (κ2) is 5.28. The summed E-state index contributed by atoms with van der Waals surface area (Å²) in [5.41, 5.74) is 3.09. The molecule has 0 bridgehead atoms. The van der Waals surface area contributed by atoms with Gasteiger partial charge in [-0.05, 0) is 12.1 Å². The molecule has 0 fully saturated rings. The Balaban J connectivity index is 1.60. The Hall–Kier alpha value is -2.65. The summed E-state index contributed by atoms with van der Waals surface area (Å²) in [7, 11) is 0. The van der Waals surface area contributed by atoms with Gasteiger partial charge in [0.1, 0.15) is 11.2 Å². The van der Waals surface area contributed by atoms with Gasteiger partial charge in [0.25, 0.3) is 5.91 Å². The minimum Gasteiger partial charge on any atom is -0.350 e. The summed E-state index contributed by atoms with van der Waals surface area (Å²) in [4.78, 5) is 16.4. The molecule has 0 saturated heterocycles. The molecule has 0 aliphatic carbocycles. The summed E-state index contributed by atoms with van der Waals surface area (Å²) in [6, 6.07) is 7.21. The molecule has 1 amide bonds. The number of nitrogens with one attached hydrogen (secondary N) is 1. The minimum absolute atomic E-state index is 0.154. The molecule has 4 rings (SSSR count). The Morgan fingerprint density at radius 3 is 3.00 bits per heavy atom. The van der Waals surface area contributed by atoms with Gasteiger partial charge in [0.15, 0.2) is 5.01 Å². The molecule has 0 aliphatic rings. The molecule has 22 heavy (non-hydrogen) atoms. The number of rotatable bonds is 3. The van der Waals surface area contributed by atoms with E-state index in [4.69, 9.17) is 4.52 Å². The molecule has 3 heterocycles. The van der Waals surface area contributed by atoms with Crippen LogP contribution in [0.1, 0.15) is 10.6 Å². The van der Waals surface area contributed by atoms with Crippen LogP contribution in [0.4, 0.5) is 5.13 Å². The third-order valence-electron chi connectivity index (χ3n) is 2.89. The Labute approximate surface area is 131 Å². The van der Waals surface area contributed by atoms with Crippen molar-refractivity contribution in [3.8, 4) is 10.7 Å². The van der Waals surface area contributed by atoms with E-state index in [1.54, 1.807) is 17.6 Å². The SMILES string of the molecule is O=C(Nc1nnc(-c2cscn2)s1)c1onc2ccccc12. The quantitative estimate of drug-likeness (QED) is 0.621. The molecule has 1 aromatic carbocycles. The Morgan fingerprint density at radius 2 is 2.14 bits per heavy atom. The Morgan fingerprint density at radius 1 is 1.23 bits per heavy atom. The number of carbonyl (C=O) groups excluding carboxylic acids is 1. The maximum Gasteiger partial charge on any atom is 0.296 e. The van der Waals surface area contributed by atoms with Gasteiger partial charge >= 0.3 is 0 Å². The number of hydrogen-bond donors (Lipinski definition) is 1. The van der Waals surface area contributed by atoms with Crippen LogP contribution in [-0.4, -0.2) is 26.2 Å². The van der Waals surface area contributed by atoms with Crippen LogP contribution >= 0.6 is 22.7 Å². The minimum atomic E-state index is -0.408. The first kappa shape index (κ1) is 13.0. The molecule has 0 atom stereocenters. The topological polar surface area (TPSA) is 93.8 Å². The van der Waals surface area contributed by atoms with Gasteiger partial charge < -0.3 is 4.52 Å². The number of thiazole rings is 1. The zero-order valence-corrected chi connectivity index (χ0v) is 12.5. The summed E-state index contributed by atoms with van der Waals surface area (Å²) in [5.74, 6) is -0.254. The summed E-state index contributed by atoms with van der Waals surface area (Å²) in [6.45, 7) is 0. The summed E-state index contributed by atoms with van der Waals surface area (Å²) < 4.78 is 5.11. The number of aromatic nitrogens is 4. The van der Waals surface area contributed by atoms with Gasteiger partial charge in [-0.25, -0.2) is 4.98 Å². The lowest BCUT2D eigenvalue weighted by molar-refractivity contribution is 0.0990. The number of nitrogens with zero attached hydrogens (tertiary/aromatic N) is 4. The van der Waals surface area contributed by atoms with Crippen molar-refractivity contribution >= 4 is 44.6 Å². The predicted molar refractivity (Wildman–Crippen MR) is 83.0 cm³/mol. The first-order valence-corrected chi connectivity index (χ1v) is 7.95. The molecule has 9 heteroatoms. The van der Waals surface area contributed by atoms with Gasteiger partial charge in [-0.2, -0.15) is 0 Å². The largest absolute Gasteiger partial charge is 0.350 e. The molecule has 0 aliphatic heterocycles. The van der Waals surface area contributed by atoms with E-state index >= 15 is 0 Å². The average molecular weight is 329 g/mol. The van der Waals surface area contributed by atoms with Crippen molar-refractivity contribution in [3.63, 3.8) is 0 Å². The number of fused-ring (bicyclic) bond motifs is 1. The van der Waals surface area contributed by atoms with Crippen molar-refractivity contribution in [2.24, 2.45) is 0 Å². The van der Waals surface area contributed by atoms with Gasteiger partial charge in [0, 0.05) is 5.38 Å². The third kappa shape index (κ3) is 2.26. The van der Waals surface area contributed by atoms with E-state index in [1.807, 2.05) is 17.5 Å². The fourth-order valence-corrected chi connectivity index (χ4v) is 3.22. The first-order chi connectivity index (χ1) is 10.8. The summed E-state index contributed by atoms with van der Waals surface area (Å²) >= 11 is 2.72. The van der Waals surface area contributed by atoms with Crippen molar-refractivity contribution in [1.29, 1.82) is 0 Å². The fraction of sp³-hybridized carbons (Fsp3) is 0. The molecular weight excluding hydrogens is 322 g/mol. The highest BCUT2D eigenvalue weighted by Crippen LogP contribution is 2.26. The van der Waals surface area contributed by atoms with Crippen molar-refractivity contribution < 1.29 is 9.32 Å². The van der Waals surface area contributed by atoms with Crippen LogP contribution in [0.15, 0.2) is 39.7 Å². The molecule has 108 valence electrons. The van der Waals surface area contributed by atoms with E-state index in [1.165, 1.54) is 22.7 Å². The van der Waals surface area contributed by atoms with Crippen molar-refractivity contribution in [3.05, 3.63) is 40.9 Å². The van der Waals surface area contributed by atoms with Crippen LogP contribution in [0.3, 0.4) is 0 Å². The normalized spacial score (nSPS) is 10.9. The van der Waals surface area contributed by atoms with Crippen molar-refractivity contribution in [1.82, 2.24) is 20.3 Å². The Bertz CT molecular complexity index is 944. The average Bonchev–Trinajstić information content (AvgIpc) is 3.27. The van der Waals surface area contributed by atoms with Gasteiger partial charge in [0.2, 0.25) is 10.9 Å². The molecule has 7 nitrogen and oxygen atoms in total. The second-order valence-corrected chi connectivity index (χ2v) is 5.97. The third-order valence-corrected chi connectivity index (χ3v) is 4.33. The highest BCUT2D eigenvalue weighted by molar-refractivity contribution is 7.18. The first-order valence-electron chi connectivity index (χ1n) is 6.19. The van der Waals surface area contributed by atoms with Gasteiger partial charge in [-0.3, -0.25) is 10.1 Å². The van der Waals surface area contributed by atoms with Gasteiger partial charge in [0.05, 0.1) is 10.9 Å². The van der Waals surface area contributed by atoms with Crippen LogP contribution in [-0.2, 0) is 0 Å². The lowest BCUT2D eigenvalue weighted by atomic mass is 10.2. The highest BCUT2D eigenvalue weighted by Gasteiger charge is 2.18. The standard InChI is InChI=1S/C13H7N5O2S2/c19-11(10-7-3-1-2-4-8(7)18-20-10)15-13-17-16-12(22-13)9-5-21-6-14-9/h1-6H,(H,15,17,19). The van der Waals surface area contributed by atoms with Crippen LogP contribution in [0.5, 0.6) is 0 Å². The maximum atomic E-state index is 12.3. The van der Waals surface area contributed by atoms with Crippen LogP contribution in [0.25, 0.3) is 21.6 Å². The van der Waals surface area contributed by atoms with E-state index in [0.29, 0.717) is 21.0 Å². The smallest absolute Gasteiger partial charge is 0.296 e. The van der Waals surface area contributed by atoms with E-state index in [0.717, 1.165) is 5.69 Å². The number of carbonyl (C=O) groups is 1. The fourth-order valence-electron chi connectivity index (χ4n) is 1.90. The molecule has 0 radical (unpaired) electrons. The van der Waals surface area contributed by atoms with Gasteiger partial charge in [-0.1, -0.05) is 28.6 Å². The molecule has 0 spiro atoms. The molecule has 1 N–H and O–H groups in total. The lowest BCUT2D eigenvalue weighted by Gasteiger charge is -1.96. The van der Waals surface area contributed by atoms with E-state index in [-0.39, 0.29) is 5.76 Å². The zero-order valence-electron chi connectivity index (χ0n) is 10.9. The molecule has 0 unspecified atom stereocenters. The van der Waals surface area contributed by atoms with E-state index < -0.39 is 5.91 Å². The van der Waals surface area contributed by atoms with Crippen LogP contribution < -0.4 is 5.32 Å². The van der Waals surface area contributed by atoms with Gasteiger partial charge in [-0.15, -0.1) is 21.5 Å². The van der Waals surface area contributed by atoms with Crippen molar-refractivity contribution in [2.45, 2.75) is 0 Å². The van der Waals surface area contributed by atoms with Crippen LogP contribution in [0, 0.1) is 0 Å². The van der Waals surface area contributed by atoms with E-state index in [2.05, 4.69) is 25.7 Å². The van der Waals surface area contributed by atoms with Crippen LogP contribution in [0.2, 0.25) is 0 Å². The molecule has 3 aromatic heterocycles. The molecule has 0 saturated carbocycles. The summed E-state index contributed by atoms with van der Waals surface area (Å²) in [6.07, 6.45) is 0. The number of benzene rings is 1. The molecule has 4 aromatic rings. The zero-order chi connectivity index (χ0) is 14.9. The number of amides is 1. The number of hydrogen-bond acceptors (Lipinski definition) is 8. The Kier molecular flexibility index (Phi) is 3.13. The van der Waals surface area contributed by atoms with E-state index in [9.17, 15) is 4.79 Å². The highest BCUT2D eigenvalue weighted by atomic mass is 32.1. The number of anilines is 1. The molecular formula is C13H7N5O2S2. The summed E-state index contributed by atoms with van der Waals surface area (Å²) in [5, 5.41) is 18.0. The van der Waals surface area contributed by atoms with Crippen molar-refractivity contribution in [2.75, 3.05) is 5.32 Å². The maximum absolute atomic E-state index is 12.3. The second-order valence-electron chi connectivity index (χ2n) is 4.27. The monoisotopic (exact) mass is 329 g/mol.